The minimum Gasteiger partial charge on any atom is -0.391 e. The molecule has 4 aliphatic rings. The number of aliphatic hydroxyl groups excluding tert-OH is 1. The summed E-state index contributed by atoms with van der Waals surface area (Å²) in [5.41, 5.74) is 2.43. The molecule has 0 unspecified atom stereocenters. The third-order valence-electron chi connectivity index (χ3n) is 7.85. The van der Waals surface area contributed by atoms with Gasteiger partial charge in [-0.1, -0.05) is 24.3 Å². The van der Waals surface area contributed by atoms with Gasteiger partial charge < -0.3 is 10.0 Å². The SMILES string of the molecule is O=C(c1cccc(S(=O)(=O)N2C[C@@H]3C[C@H]4C[C@H]3[C@@H]2[C@@H]4O)c1)N1CCCc2ccccc21. The lowest BCUT2D eigenvalue weighted by Crippen LogP contribution is -2.43. The zero-order valence-corrected chi connectivity index (χ0v) is 18.0. The monoisotopic (exact) mass is 438 g/mol. The molecule has 0 radical (unpaired) electrons. The number of nitrogens with zero attached hydrogens (tertiary/aromatic N) is 2. The number of fused-ring (bicyclic) bond motifs is 2. The van der Waals surface area contributed by atoms with Crippen molar-refractivity contribution in [3.63, 3.8) is 0 Å². The lowest BCUT2D eigenvalue weighted by atomic mass is 9.88. The third kappa shape index (κ3) is 2.83. The van der Waals surface area contributed by atoms with Crippen LogP contribution >= 0.6 is 0 Å². The maximum atomic E-state index is 13.5. The van der Waals surface area contributed by atoms with Crippen LogP contribution in [0.5, 0.6) is 0 Å². The number of amides is 1. The summed E-state index contributed by atoms with van der Waals surface area (Å²) in [4.78, 5) is 15.2. The molecule has 0 spiro atoms. The molecule has 2 aliphatic heterocycles. The number of hydrogen-bond donors (Lipinski definition) is 1. The highest BCUT2D eigenvalue weighted by molar-refractivity contribution is 7.89. The number of benzene rings is 2. The first-order valence-corrected chi connectivity index (χ1v) is 12.6. The summed E-state index contributed by atoms with van der Waals surface area (Å²) in [6, 6.07) is 14.0. The van der Waals surface area contributed by atoms with Crippen LogP contribution in [0.2, 0.25) is 0 Å². The van der Waals surface area contributed by atoms with Gasteiger partial charge >= 0.3 is 0 Å². The molecule has 1 saturated heterocycles. The van der Waals surface area contributed by atoms with Gasteiger partial charge in [-0.05, 0) is 73.3 Å². The van der Waals surface area contributed by atoms with Crippen LogP contribution in [-0.4, -0.2) is 49.0 Å². The number of anilines is 1. The number of carbonyl (C=O) groups is 1. The van der Waals surface area contributed by atoms with Crippen molar-refractivity contribution in [2.75, 3.05) is 18.0 Å². The highest BCUT2D eigenvalue weighted by Gasteiger charge is 2.61. The van der Waals surface area contributed by atoms with Crippen LogP contribution in [0, 0.1) is 17.8 Å². The Labute approximate surface area is 182 Å². The van der Waals surface area contributed by atoms with Crippen LogP contribution < -0.4 is 4.90 Å². The van der Waals surface area contributed by atoms with E-state index >= 15 is 0 Å². The molecule has 1 N–H and O–H groups in total. The minimum absolute atomic E-state index is 0.139. The first kappa shape index (κ1) is 19.5. The van der Waals surface area contributed by atoms with Crippen LogP contribution in [-0.2, 0) is 16.4 Å². The van der Waals surface area contributed by atoms with Crippen molar-refractivity contribution in [3.05, 3.63) is 59.7 Å². The van der Waals surface area contributed by atoms with Crippen LogP contribution in [0.4, 0.5) is 5.69 Å². The minimum atomic E-state index is -3.78. The van der Waals surface area contributed by atoms with E-state index in [0.717, 1.165) is 36.9 Å². The van der Waals surface area contributed by atoms with Gasteiger partial charge in [0.2, 0.25) is 10.0 Å². The summed E-state index contributed by atoms with van der Waals surface area (Å²) in [5, 5.41) is 10.6. The molecule has 31 heavy (non-hydrogen) atoms. The van der Waals surface area contributed by atoms with Gasteiger partial charge in [0.05, 0.1) is 17.0 Å². The first-order valence-electron chi connectivity index (χ1n) is 11.1. The standard InChI is InChI=1S/C24H26N2O4S/c27-23-17-11-18-14-26(22(23)20(18)13-17)31(29,30)19-8-3-6-16(12-19)24(28)25-10-4-7-15-5-1-2-9-21(15)25/h1-3,5-6,8-9,12,17-18,20,22-23,27H,4,7,10-11,13-14H2/t17-,18-,20+,22+,23+/m0/s1. The van der Waals surface area contributed by atoms with E-state index in [1.807, 2.05) is 24.3 Å². The molecular weight excluding hydrogens is 412 g/mol. The Hall–Kier alpha value is -2.22. The maximum absolute atomic E-state index is 13.5. The molecule has 2 bridgehead atoms. The summed E-state index contributed by atoms with van der Waals surface area (Å²) < 4.78 is 28.6. The lowest BCUT2D eigenvalue weighted by molar-refractivity contribution is 0.0731. The molecule has 0 aromatic heterocycles. The summed E-state index contributed by atoms with van der Waals surface area (Å²) in [6.45, 7) is 1.10. The Bertz CT molecular complexity index is 1160. The molecule has 6 rings (SSSR count). The van der Waals surface area contributed by atoms with Crippen molar-refractivity contribution in [3.8, 4) is 0 Å². The second kappa shape index (κ2) is 6.89. The second-order valence-corrected chi connectivity index (χ2v) is 11.3. The van der Waals surface area contributed by atoms with Gasteiger partial charge in [-0.25, -0.2) is 8.42 Å². The fraction of sp³-hybridized carbons (Fsp3) is 0.458. The van der Waals surface area contributed by atoms with Crippen molar-refractivity contribution < 1.29 is 18.3 Å². The summed E-state index contributed by atoms with van der Waals surface area (Å²) in [5.74, 6) is 0.672. The van der Waals surface area contributed by atoms with E-state index in [9.17, 15) is 18.3 Å². The largest absolute Gasteiger partial charge is 0.391 e. The summed E-state index contributed by atoms with van der Waals surface area (Å²) in [6.07, 6.45) is 3.10. The number of sulfonamides is 1. The number of hydrogen-bond acceptors (Lipinski definition) is 4. The van der Waals surface area contributed by atoms with Gasteiger partial charge in [0, 0.05) is 24.3 Å². The highest BCUT2D eigenvalue weighted by Crippen LogP contribution is 2.56. The number of rotatable bonds is 3. The van der Waals surface area contributed by atoms with E-state index in [1.165, 1.54) is 10.4 Å². The molecule has 6 nitrogen and oxygen atoms in total. The van der Waals surface area contributed by atoms with Crippen LogP contribution in [0.3, 0.4) is 0 Å². The first-order chi connectivity index (χ1) is 14.9. The molecule has 5 atom stereocenters. The van der Waals surface area contributed by atoms with E-state index in [4.69, 9.17) is 0 Å². The number of carbonyl (C=O) groups excluding carboxylic acids is 1. The highest BCUT2D eigenvalue weighted by atomic mass is 32.2. The van der Waals surface area contributed by atoms with E-state index in [0.29, 0.717) is 24.6 Å². The fourth-order valence-corrected chi connectivity index (χ4v) is 8.25. The van der Waals surface area contributed by atoms with E-state index in [2.05, 4.69) is 0 Å². The fourth-order valence-electron chi connectivity index (χ4n) is 6.46. The normalized spacial score (nSPS) is 31.8. The van der Waals surface area contributed by atoms with E-state index in [-0.39, 0.29) is 28.7 Å². The smallest absolute Gasteiger partial charge is 0.258 e. The molecule has 2 heterocycles. The molecule has 162 valence electrons. The van der Waals surface area contributed by atoms with Crippen molar-refractivity contribution in [1.82, 2.24) is 4.31 Å². The van der Waals surface area contributed by atoms with E-state index < -0.39 is 16.1 Å². The van der Waals surface area contributed by atoms with Gasteiger partial charge in [-0.3, -0.25) is 4.79 Å². The molecule has 2 saturated carbocycles. The molecule has 2 aromatic rings. The van der Waals surface area contributed by atoms with Gasteiger partial charge in [0.15, 0.2) is 0 Å². The second-order valence-electron chi connectivity index (χ2n) is 9.43. The Morgan fingerprint density at radius 2 is 1.87 bits per heavy atom. The van der Waals surface area contributed by atoms with Crippen molar-refractivity contribution in [1.29, 1.82) is 0 Å². The van der Waals surface area contributed by atoms with Crippen molar-refractivity contribution in [2.45, 2.75) is 42.7 Å². The predicted molar refractivity (Wildman–Crippen MR) is 116 cm³/mol. The van der Waals surface area contributed by atoms with Crippen LogP contribution in [0.1, 0.15) is 35.2 Å². The Kier molecular flexibility index (Phi) is 4.32. The number of para-hydroxylation sites is 1. The van der Waals surface area contributed by atoms with E-state index in [1.54, 1.807) is 23.1 Å². The Morgan fingerprint density at radius 1 is 1.03 bits per heavy atom. The molecule has 1 amide bonds. The van der Waals surface area contributed by atoms with Crippen LogP contribution in [0.15, 0.2) is 53.4 Å². The summed E-state index contributed by atoms with van der Waals surface area (Å²) in [7, 11) is -3.78. The van der Waals surface area contributed by atoms with Crippen LogP contribution in [0.25, 0.3) is 0 Å². The van der Waals surface area contributed by atoms with Crippen molar-refractivity contribution >= 4 is 21.6 Å². The van der Waals surface area contributed by atoms with Gasteiger partial charge in [-0.15, -0.1) is 0 Å². The Morgan fingerprint density at radius 3 is 2.71 bits per heavy atom. The zero-order valence-electron chi connectivity index (χ0n) is 17.2. The molecule has 2 aromatic carbocycles. The third-order valence-corrected chi connectivity index (χ3v) is 9.71. The topological polar surface area (TPSA) is 77.9 Å². The molecule has 7 heteroatoms. The van der Waals surface area contributed by atoms with Gasteiger partial charge in [0.25, 0.3) is 5.91 Å². The molecule has 2 aliphatic carbocycles. The quantitative estimate of drug-likeness (QED) is 0.799. The lowest BCUT2D eigenvalue weighted by Gasteiger charge is -2.30. The number of aliphatic hydroxyl groups is 1. The average Bonchev–Trinajstić information content (AvgIpc) is 3.42. The molecule has 3 fully saturated rings. The van der Waals surface area contributed by atoms with Gasteiger partial charge in [0.1, 0.15) is 0 Å². The van der Waals surface area contributed by atoms with Crippen molar-refractivity contribution in [2.24, 2.45) is 17.8 Å². The van der Waals surface area contributed by atoms with Gasteiger partial charge in [-0.2, -0.15) is 4.31 Å². The number of aryl methyl sites for hydroxylation is 1. The average molecular weight is 439 g/mol. The zero-order chi connectivity index (χ0) is 21.3. The maximum Gasteiger partial charge on any atom is 0.258 e. The molecular formula is C24H26N2O4S. The Balaban J connectivity index is 1.32. The predicted octanol–water partition coefficient (Wildman–Crippen LogP) is 2.67. The summed E-state index contributed by atoms with van der Waals surface area (Å²) >= 11 is 0.